The first kappa shape index (κ1) is 12.8. The molecule has 0 aliphatic rings. The van der Waals surface area contributed by atoms with E-state index in [2.05, 4.69) is 15.3 Å². The van der Waals surface area contributed by atoms with Gasteiger partial charge in [-0.05, 0) is 22.0 Å². The fourth-order valence-electron chi connectivity index (χ4n) is 2.00. The molecule has 21 heavy (non-hydrogen) atoms. The van der Waals surface area contributed by atoms with Crippen molar-refractivity contribution in [2.24, 2.45) is 7.05 Å². The zero-order valence-corrected chi connectivity index (χ0v) is 11.0. The Hall–Kier alpha value is -3.23. The van der Waals surface area contributed by atoms with E-state index in [1.54, 1.807) is 31.4 Å². The standard InChI is InChI=1S/C12H11N7O2/c1-17-7-14-11(19(20)21)12(17)18-6-10(15-16-18)8-3-2-4-9(13)5-8/h2-7H,13H2,1H3. The molecule has 0 radical (unpaired) electrons. The Balaban J connectivity index is 2.07. The molecule has 3 aromatic rings. The van der Waals surface area contributed by atoms with E-state index in [-0.39, 0.29) is 11.6 Å². The van der Waals surface area contributed by atoms with E-state index in [0.29, 0.717) is 11.4 Å². The van der Waals surface area contributed by atoms with E-state index < -0.39 is 4.92 Å². The van der Waals surface area contributed by atoms with Crippen molar-refractivity contribution in [2.45, 2.75) is 0 Å². The van der Waals surface area contributed by atoms with Crippen LogP contribution in [0, 0.1) is 10.1 Å². The van der Waals surface area contributed by atoms with Crippen LogP contribution in [0.3, 0.4) is 0 Å². The molecule has 1 aromatic carbocycles. The number of anilines is 1. The van der Waals surface area contributed by atoms with Crippen molar-refractivity contribution in [1.29, 1.82) is 0 Å². The molecule has 0 aliphatic heterocycles. The van der Waals surface area contributed by atoms with Crippen molar-refractivity contribution >= 4 is 11.5 Å². The first-order valence-electron chi connectivity index (χ1n) is 6.00. The van der Waals surface area contributed by atoms with Crippen LogP contribution in [0.4, 0.5) is 11.5 Å². The maximum atomic E-state index is 11.0. The molecule has 0 spiro atoms. The number of rotatable bonds is 3. The lowest BCUT2D eigenvalue weighted by molar-refractivity contribution is -0.389. The Morgan fingerprint density at radius 3 is 2.90 bits per heavy atom. The second-order valence-electron chi connectivity index (χ2n) is 4.43. The summed E-state index contributed by atoms with van der Waals surface area (Å²) in [5, 5.41) is 18.9. The van der Waals surface area contributed by atoms with Crippen LogP contribution in [-0.4, -0.2) is 29.5 Å². The van der Waals surface area contributed by atoms with E-state index in [9.17, 15) is 10.1 Å². The van der Waals surface area contributed by atoms with Crippen molar-refractivity contribution in [3.63, 3.8) is 0 Å². The van der Waals surface area contributed by atoms with Gasteiger partial charge >= 0.3 is 5.82 Å². The molecule has 0 atom stereocenters. The van der Waals surface area contributed by atoms with Gasteiger partial charge in [0.1, 0.15) is 5.69 Å². The van der Waals surface area contributed by atoms with Crippen LogP contribution in [0.5, 0.6) is 0 Å². The summed E-state index contributed by atoms with van der Waals surface area (Å²) in [5.74, 6) is -0.0378. The van der Waals surface area contributed by atoms with Gasteiger partial charge in [0.15, 0.2) is 0 Å². The second-order valence-corrected chi connectivity index (χ2v) is 4.43. The normalized spacial score (nSPS) is 10.7. The van der Waals surface area contributed by atoms with Gasteiger partial charge in [0.25, 0.3) is 0 Å². The third-order valence-corrected chi connectivity index (χ3v) is 2.95. The maximum absolute atomic E-state index is 11.0. The third-order valence-electron chi connectivity index (χ3n) is 2.95. The number of nitrogens with two attached hydrogens (primary N) is 1. The minimum absolute atomic E-state index is 0.239. The Bertz CT molecular complexity index is 821. The number of nitrogens with zero attached hydrogens (tertiary/aromatic N) is 6. The highest BCUT2D eigenvalue weighted by molar-refractivity contribution is 5.63. The van der Waals surface area contributed by atoms with E-state index in [1.807, 2.05) is 6.07 Å². The number of imidazole rings is 1. The number of nitrogen functional groups attached to an aromatic ring is 1. The van der Waals surface area contributed by atoms with Crippen molar-refractivity contribution < 1.29 is 4.92 Å². The van der Waals surface area contributed by atoms with Crippen molar-refractivity contribution in [1.82, 2.24) is 24.5 Å². The molecule has 0 bridgehead atoms. The Morgan fingerprint density at radius 1 is 1.38 bits per heavy atom. The van der Waals surface area contributed by atoms with Crippen LogP contribution >= 0.6 is 0 Å². The average molecular weight is 285 g/mol. The monoisotopic (exact) mass is 285 g/mol. The molecule has 0 unspecified atom stereocenters. The molecule has 3 rings (SSSR count). The first-order valence-corrected chi connectivity index (χ1v) is 6.00. The molecule has 0 fully saturated rings. The lowest BCUT2D eigenvalue weighted by Gasteiger charge is -2.00. The van der Waals surface area contributed by atoms with Crippen molar-refractivity contribution in [3.8, 4) is 17.1 Å². The quantitative estimate of drug-likeness (QED) is 0.438. The van der Waals surface area contributed by atoms with Gasteiger partial charge in [-0.3, -0.25) is 4.57 Å². The number of hydrogen-bond acceptors (Lipinski definition) is 6. The van der Waals surface area contributed by atoms with Crippen LogP contribution < -0.4 is 5.73 Å². The molecule has 106 valence electrons. The Morgan fingerprint density at radius 2 is 2.19 bits per heavy atom. The molecule has 0 aliphatic carbocycles. The minimum atomic E-state index is -0.558. The molecule has 9 heteroatoms. The fraction of sp³-hybridized carbons (Fsp3) is 0.0833. The van der Waals surface area contributed by atoms with Crippen LogP contribution in [0.1, 0.15) is 0 Å². The second kappa shape index (κ2) is 4.71. The van der Waals surface area contributed by atoms with Crippen LogP contribution in [-0.2, 0) is 7.05 Å². The van der Waals surface area contributed by atoms with E-state index in [0.717, 1.165) is 5.56 Å². The number of aromatic nitrogens is 5. The van der Waals surface area contributed by atoms with Gasteiger partial charge in [0.05, 0.1) is 6.20 Å². The topological polar surface area (TPSA) is 118 Å². The Kier molecular flexibility index (Phi) is 2.87. The van der Waals surface area contributed by atoms with Crippen molar-refractivity contribution in [3.05, 3.63) is 46.9 Å². The van der Waals surface area contributed by atoms with Gasteiger partial charge in [-0.15, -0.1) is 5.10 Å². The predicted octanol–water partition coefficient (Wildman–Crippen LogP) is 1.16. The van der Waals surface area contributed by atoms with Crippen LogP contribution in [0.2, 0.25) is 0 Å². The van der Waals surface area contributed by atoms with Gasteiger partial charge in [0, 0.05) is 18.3 Å². The summed E-state index contributed by atoms with van der Waals surface area (Å²) < 4.78 is 2.83. The molecular formula is C12H11N7O2. The molecule has 0 saturated heterocycles. The summed E-state index contributed by atoms with van der Waals surface area (Å²) in [4.78, 5) is 14.2. The number of hydrogen-bond donors (Lipinski definition) is 1. The average Bonchev–Trinajstić information content (AvgIpc) is 3.04. The molecular weight excluding hydrogens is 274 g/mol. The van der Waals surface area contributed by atoms with E-state index >= 15 is 0 Å². The zero-order chi connectivity index (χ0) is 15.0. The summed E-state index contributed by atoms with van der Waals surface area (Å²) in [6.45, 7) is 0. The van der Waals surface area contributed by atoms with E-state index in [1.165, 1.54) is 15.6 Å². The fourth-order valence-corrected chi connectivity index (χ4v) is 2.00. The number of aryl methyl sites for hydroxylation is 1. The smallest absolute Gasteiger partial charge is 0.399 e. The molecule has 0 saturated carbocycles. The highest BCUT2D eigenvalue weighted by Gasteiger charge is 2.23. The highest BCUT2D eigenvalue weighted by Crippen LogP contribution is 2.23. The largest absolute Gasteiger partial charge is 0.408 e. The molecule has 0 amide bonds. The minimum Gasteiger partial charge on any atom is -0.399 e. The van der Waals surface area contributed by atoms with Gasteiger partial charge in [0.2, 0.25) is 12.1 Å². The molecule has 2 aromatic heterocycles. The first-order chi connectivity index (χ1) is 10.1. The summed E-state index contributed by atoms with van der Waals surface area (Å²) in [7, 11) is 1.65. The number of nitro groups is 1. The summed E-state index contributed by atoms with van der Waals surface area (Å²) in [6, 6.07) is 7.16. The lowest BCUT2D eigenvalue weighted by Crippen LogP contribution is -2.05. The molecule has 2 N–H and O–H groups in total. The summed E-state index contributed by atoms with van der Waals surface area (Å²) in [5.41, 5.74) is 7.68. The van der Waals surface area contributed by atoms with Crippen molar-refractivity contribution in [2.75, 3.05) is 5.73 Å². The number of benzene rings is 1. The summed E-state index contributed by atoms with van der Waals surface area (Å²) >= 11 is 0. The van der Waals surface area contributed by atoms with Gasteiger partial charge in [-0.2, -0.15) is 4.68 Å². The third kappa shape index (κ3) is 2.20. The van der Waals surface area contributed by atoms with Gasteiger partial charge < -0.3 is 15.8 Å². The maximum Gasteiger partial charge on any atom is 0.408 e. The molecule has 9 nitrogen and oxygen atoms in total. The van der Waals surface area contributed by atoms with Gasteiger partial charge in [-0.25, -0.2) is 0 Å². The van der Waals surface area contributed by atoms with Crippen LogP contribution in [0.25, 0.3) is 17.1 Å². The zero-order valence-electron chi connectivity index (χ0n) is 11.0. The van der Waals surface area contributed by atoms with Gasteiger partial charge in [-0.1, -0.05) is 17.3 Å². The lowest BCUT2D eigenvalue weighted by atomic mass is 10.1. The highest BCUT2D eigenvalue weighted by atomic mass is 16.6. The Labute approximate surface area is 118 Å². The predicted molar refractivity (Wildman–Crippen MR) is 74.6 cm³/mol. The summed E-state index contributed by atoms with van der Waals surface area (Å²) in [6.07, 6.45) is 2.95. The SMILES string of the molecule is Cn1cnc([N+](=O)[O-])c1-n1cc(-c2cccc(N)c2)nn1. The van der Waals surface area contributed by atoms with Crippen LogP contribution in [0.15, 0.2) is 36.8 Å². The van der Waals surface area contributed by atoms with E-state index in [4.69, 9.17) is 5.73 Å². The molecule has 2 heterocycles.